The molecule has 0 aromatic heterocycles. The standard InChI is InChI=1S/C15H18FNO5/c1-8(10-7-9(16)3-4-11(10)21-2)17-14(18)12-5-6-13(22-12)15(19)20/h3-4,7-8,12-13H,5-6H2,1-2H3,(H,17,18)(H,19,20)/t8?,12-,13+/m0/s1. The van der Waals surface area contributed by atoms with Gasteiger partial charge in [-0.1, -0.05) is 0 Å². The highest BCUT2D eigenvalue weighted by molar-refractivity contribution is 5.83. The molecule has 1 aromatic carbocycles. The van der Waals surface area contributed by atoms with Crippen LogP contribution >= 0.6 is 0 Å². The molecule has 0 spiro atoms. The van der Waals surface area contributed by atoms with Crippen LogP contribution in [0.2, 0.25) is 0 Å². The quantitative estimate of drug-likeness (QED) is 0.863. The van der Waals surface area contributed by atoms with E-state index in [1.54, 1.807) is 6.92 Å². The van der Waals surface area contributed by atoms with Crippen LogP contribution in [-0.2, 0) is 14.3 Å². The predicted octanol–water partition coefficient (Wildman–Crippen LogP) is 1.64. The lowest BCUT2D eigenvalue weighted by Gasteiger charge is -2.19. The van der Waals surface area contributed by atoms with E-state index in [1.165, 1.54) is 25.3 Å². The second-order valence-corrected chi connectivity index (χ2v) is 5.15. The molecule has 0 aliphatic carbocycles. The topological polar surface area (TPSA) is 84.9 Å². The van der Waals surface area contributed by atoms with Crippen molar-refractivity contribution < 1.29 is 28.6 Å². The Balaban J connectivity index is 2.03. The van der Waals surface area contributed by atoms with Gasteiger partial charge in [0.25, 0.3) is 0 Å². The summed E-state index contributed by atoms with van der Waals surface area (Å²) in [7, 11) is 1.46. The average molecular weight is 311 g/mol. The van der Waals surface area contributed by atoms with Crippen LogP contribution in [0, 0.1) is 5.82 Å². The highest BCUT2D eigenvalue weighted by atomic mass is 19.1. The van der Waals surface area contributed by atoms with E-state index >= 15 is 0 Å². The summed E-state index contributed by atoms with van der Waals surface area (Å²) in [6.45, 7) is 1.69. The van der Waals surface area contributed by atoms with Crippen molar-refractivity contribution in [2.45, 2.75) is 38.0 Å². The lowest BCUT2D eigenvalue weighted by Crippen LogP contribution is -2.37. The second-order valence-electron chi connectivity index (χ2n) is 5.15. The highest BCUT2D eigenvalue weighted by Crippen LogP contribution is 2.27. The van der Waals surface area contributed by atoms with Gasteiger partial charge in [0.05, 0.1) is 13.2 Å². The zero-order chi connectivity index (χ0) is 16.3. The molecule has 22 heavy (non-hydrogen) atoms. The van der Waals surface area contributed by atoms with Crippen molar-refractivity contribution in [3.05, 3.63) is 29.6 Å². The van der Waals surface area contributed by atoms with E-state index in [2.05, 4.69) is 5.32 Å². The number of aliphatic carboxylic acids is 1. The van der Waals surface area contributed by atoms with Gasteiger partial charge in [0, 0.05) is 5.56 Å². The molecule has 0 saturated carbocycles. The largest absolute Gasteiger partial charge is 0.496 e. The van der Waals surface area contributed by atoms with Crippen LogP contribution in [0.3, 0.4) is 0 Å². The van der Waals surface area contributed by atoms with Crippen LogP contribution < -0.4 is 10.1 Å². The van der Waals surface area contributed by atoms with Gasteiger partial charge in [-0.25, -0.2) is 9.18 Å². The zero-order valence-corrected chi connectivity index (χ0v) is 12.3. The van der Waals surface area contributed by atoms with E-state index in [-0.39, 0.29) is 0 Å². The SMILES string of the molecule is COc1ccc(F)cc1C(C)NC(=O)[C@@H]1CC[C@H](C(=O)O)O1. The molecule has 6 nitrogen and oxygen atoms in total. The number of benzene rings is 1. The fourth-order valence-electron chi connectivity index (χ4n) is 2.44. The smallest absolute Gasteiger partial charge is 0.332 e. The zero-order valence-electron chi connectivity index (χ0n) is 12.3. The molecule has 1 unspecified atom stereocenters. The molecular weight excluding hydrogens is 293 g/mol. The van der Waals surface area contributed by atoms with Gasteiger partial charge in [-0.15, -0.1) is 0 Å². The molecule has 3 atom stereocenters. The van der Waals surface area contributed by atoms with Crippen LogP contribution in [0.1, 0.15) is 31.4 Å². The van der Waals surface area contributed by atoms with Crippen molar-refractivity contribution in [1.82, 2.24) is 5.32 Å². The predicted molar refractivity (Wildman–Crippen MR) is 75.0 cm³/mol. The number of carbonyl (C=O) groups is 2. The number of rotatable bonds is 5. The molecule has 1 aliphatic heterocycles. The molecule has 1 aromatic rings. The number of amides is 1. The summed E-state index contributed by atoms with van der Waals surface area (Å²) in [6, 6.07) is 3.55. The monoisotopic (exact) mass is 311 g/mol. The van der Waals surface area contributed by atoms with Crippen LogP contribution in [0.4, 0.5) is 4.39 Å². The van der Waals surface area contributed by atoms with E-state index in [0.29, 0.717) is 24.2 Å². The van der Waals surface area contributed by atoms with Gasteiger partial charge >= 0.3 is 5.97 Å². The van der Waals surface area contributed by atoms with E-state index < -0.39 is 35.9 Å². The Morgan fingerprint density at radius 1 is 1.41 bits per heavy atom. The lowest BCUT2D eigenvalue weighted by molar-refractivity contribution is -0.151. The summed E-state index contributed by atoms with van der Waals surface area (Å²) in [6.07, 6.45) is -1.11. The molecule has 1 saturated heterocycles. The first-order valence-electron chi connectivity index (χ1n) is 6.94. The second kappa shape index (κ2) is 6.74. The van der Waals surface area contributed by atoms with Crippen LogP contribution in [-0.4, -0.2) is 36.3 Å². The third-order valence-corrected chi connectivity index (χ3v) is 3.60. The summed E-state index contributed by atoms with van der Waals surface area (Å²) in [5, 5.41) is 11.6. The fourth-order valence-corrected chi connectivity index (χ4v) is 2.44. The van der Waals surface area contributed by atoms with Crippen LogP contribution in [0.25, 0.3) is 0 Å². The average Bonchev–Trinajstić information content (AvgIpc) is 2.97. The summed E-state index contributed by atoms with van der Waals surface area (Å²) < 4.78 is 23.7. The maximum absolute atomic E-state index is 13.4. The van der Waals surface area contributed by atoms with Crippen LogP contribution in [0.15, 0.2) is 18.2 Å². The van der Waals surface area contributed by atoms with E-state index in [9.17, 15) is 14.0 Å². The maximum atomic E-state index is 13.4. The van der Waals surface area contributed by atoms with E-state index in [0.717, 1.165) is 0 Å². The third kappa shape index (κ3) is 3.54. The molecule has 1 fully saturated rings. The number of halogens is 1. The summed E-state index contributed by atoms with van der Waals surface area (Å²) >= 11 is 0. The number of hydrogen-bond acceptors (Lipinski definition) is 4. The maximum Gasteiger partial charge on any atom is 0.332 e. The van der Waals surface area contributed by atoms with E-state index in [1.807, 2.05) is 0 Å². The van der Waals surface area contributed by atoms with Crippen molar-refractivity contribution in [1.29, 1.82) is 0 Å². The molecule has 2 N–H and O–H groups in total. The minimum absolute atomic E-state index is 0.297. The first-order chi connectivity index (χ1) is 10.4. The first kappa shape index (κ1) is 16.2. The van der Waals surface area contributed by atoms with Crippen molar-refractivity contribution in [3.8, 4) is 5.75 Å². The number of hydrogen-bond donors (Lipinski definition) is 2. The number of ether oxygens (including phenoxy) is 2. The van der Waals surface area contributed by atoms with Gasteiger partial charge in [0.2, 0.25) is 5.91 Å². The number of carboxylic acids is 1. The van der Waals surface area contributed by atoms with E-state index in [4.69, 9.17) is 14.6 Å². The van der Waals surface area contributed by atoms with Gasteiger partial charge < -0.3 is 19.9 Å². The Hall–Kier alpha value is -2.15. The van der Waals surface area contributed by atoms with Crippen molar-refractivity contribution in [2.24, 2.45) is 0 Å². The molecule has 7 heteroatoms. The molecule has 1 heterocycles. The van der Waals surface area contributed by atoms with Crippen molar-refractivity contribution in [3.63, 3.8) is 0 Å². The minimum Gasteiger partial charge on any atom is -0.496 e. The van der Waals surface area contributed by atoms with Crippen molar-refractivity contribution in [2.75, 3.05) is 7.11 Å². The lowest BCUT2D eigenvalue weighted by atomic mass is 10.1. The molecule has 1 aliphatic rings. The molecule has 2 rings (SSSR count). The Morgan fingerprint density at radius 2 is 2.09 bits per heavy atom. The number of methoxy groups -OCH3 is 1. The van der Waals surface area contributed by atoms with Gasteiger partial charge in [-0.3, -0.25) is 4.79 Å². The van der Waals surface area contributed by atoms with Crippen LogP contribution in [0.5, 0.6) is 5.75 Å². The summed E-state index contributed by atoms with van der Waals surface area (Å²) in [4.78, 5) is 22.9. The van der Waals surface area contributed by atoms with Crippen molar-refractivity contribution >= 4 is 11.9 Å². The van der Waals surface area contributed by atoms with Gasteiger partial charge in [-0.05, 0) is 38.0 Å². The molecule has 0 radical (unpaired) electrons. The first-order valence-corrected chi connectivity index (χ1v) is 6.94. The normalized spacial score (nSPS) is 22.1. The number of carbonyl (C=O) groups excluding carboxylic acids is 1. The Kier molecular flexibility index (Phi) is 4.97. The molecule has 0 bridgehead atoms. The van der Waals surface area contributed by atoms with Gasteiger partial charge in [0.15, 0.2) is 6.10 Å². The Labute approximate surface area is 127 Å². The highest BCUT2D eigenvalue weighted by Gasteiger charge is 2.35. The van der Waals surface area contributed by atoms with Gasteiger partial charge in [0.1, 0.15) is 17.7 Å². The third-order valence-electron chi connectivity index (χ3n) is 3.60. The molecular formula is C15H18FNO5. The van der Waals surface area contributed by atoms with Gasteiger partial charge in [-0.2, -0.15) is 0 Å². The number of nitrogens with one attached hydrogen (secondary N) is 1. The minimum atomic E-state index is -1.07. The Morgan fingerprint density at radius 3 is 2.68 bits per heavy atom. The fraction of sp³-hybridized carbons (Fsp3) is 0.467. The molecule has 1 amide bonds. The Bertz CT molecular complexity index is 577. The number of carboxylic acid groups (broad SMARTS) is 1. The molecule has 120 valence electrons. The summed E-state index contributed by atoms with van der Waals surface area (Å²) in [5.74, 6) is -1.46. The summed E-state index contributed by atoms with van der Waals surface area (Å²) in [5.41, 5.74) is 0.503.